The van der Waals surface area contributed by atoms with Crippen LogP contribution in [0.4, 0.5) is 5.69 Å². The molecule has 1 amide bonds. The molecule has 8 nitrogen and oxygen atoms in total. The number of carbonyl (C=O) groups excluding carboxylic acids is 1. The van der Waals surface area contributed by atoms with Gasteiger partial charge in [0.1, 0.15) is 12.1 Å². The Balaban J connectivity index is 1.45. The van der Waals surface area contributed by atoms with Crippen LogP contribution in [0.2, 0.25) is 0 Å². The second-order valence-corrected chi connectivity index (χ2v) is 9.28. The number of carbonyl (C=O) groups is 1. The number of amides is 1. The van der Waals surface area contributed by atoms with Gasteiger partial charge in [-0.05, 0) is 49.4 Å². The average molecular weight is 477 g/mol. The fourth-order valence-electron chi connectivity index (χ4n) is 4.55. The lowest BCUT2D eigenvalue weighted by atomic mass is 10.0. The number of hydrogen-bond acceptors (Lipinski definition) is 6. The third-order valence-electron chi connectivity index (χ3n) is 6.89. The van der Waals surface area contributed by atoms with Crippen LogP contribution < -0.4 is 11.1 Å². The van der Waals surface area contributed by atoms with Crippen LogP contribution in [0.25, 0.3) is 11.1 Å². The fraction of sp³-hybridized carbons (Fsp3) is 0.407. The zero-order chi connectivity index (χ0) is 24.9. The quantitative estimate of drug-likeness (QED) is 0.437. The maximum Gasteiger partial charge on any atom is 0.253 e. The van der Waals surface area contributed by atoms with Crippen molar-refractivity contribution < 1.29 is 9.90 Å². The number of likely N-dealkylation sites (N-methyl/N-ethyl adjacent to an activating group) is 1. The predicted octanol–water partition coefficient (Wildman–Crippen LogP) is 2.25. The molecule has 2 aromatic rings. The highest BCUT2D eigenvalue weighted by Gasteiger charge is 2.23. The second-order valence-electron chi connectivity index (χ2n) is 9.28. The van der Waals surface area contributed by atoms with Crippen molar-refractivity contribution in [1.82, 2.24) is 20.0 Å². The second kappa shape index (κ2) is 11.0. The van der Waals surface area contributed by atoms with Gasteiger partial charge in [0.25, 0.3) is 5.91 Å². The van der Waals surface area contributed by atoms with E-state index in [4.69, 9.17) is 5.73 Å². The van der Waals surface area contributed by atoms with Crippen LogP contribution in [0.5, 0.6) is 0 Å². The molecule has 0 aliphatic carbocycles. The van der Waals surface area contributed by atoms with E-state index in [1.807, 2.05) is 65.4 Å². The molecule has 8 heteroatoms. The number of benzene rings is 2. The number of aliphatic hydroxyl groups excluding tert-OH is 1. The summed E-state index contributed by atoms with van der Waals surface area (Å²) in [6.07, 6.45) is 0.262. The van der Waals surface area contributed by atoms with Gasteiger partial charge in [0.05, 0.1) is 5.69 Å². The summed E-state index contributed by atoms with van der Waals surface area (Å²) in [5.41, 5.74) is 11.9. The zero-order valence-corrected chi connectivity index (χ0v) is 20.9. The molecule has 0 bridgehead atoms. The summed E-state index contributed by atoms with van der Waals surface area (Å²) < 4.78 is 0. The average Bonchev–Trinajstić information content (AvgIpc) is 2.89. The van der Waals surface area contributed by atoms with Crippen LogP contribution in [-0.4, -0.2) is 91.1 Å². The molecule has 0 radical (unpaired) electrons. The lowest BCUT2D eigenvalue weighted by Gasteiger charge is -2.32. The zero-order valence-electron chi connectivity index (χ0n) is 20.9. The molecule has 2 heterocycles. The van der Waals surface area contributed by atoms with Crippen LogP contribution >= 0.6 is 0 Å². The van der Waals surface area contributed by atoms with Crippen molar-refractivity contribution in [2.24, 2.45) is 10.7 Å². The normalized spacial score (nSPS) is 19.1. The van der Waals surface area contributed by atoms with Gasteiger partial charge < -0.3 is 26.0 Å². The third kappa shape index (κ3) is 5.90. The van der Waals surface area contributed by atoms with Gasteiger partial charge in [-0.2, -0.15) is 0 Å². The minimum atomic E-state index is -0.529. The largest absolute Gasteiger partial charge is 0.391 e. The Labute approximate surface area is 207 Å². The van der Waals surface area contributed by atoms with Crippen LogP contribution in [0.1, 0.15) is 23.7 Å². The van der Waals surface area contributed by atoms with Gasteiger partial charge in [0, 0.05) is 69.6 Å². The molecule has 2 aromatic carbocycles. The molecule has 4 N–H and O–H groups in total. The van der Waals surface area contributed by atoms with E-state index in [-0.39, 0.29) is 5.91 Å². The summed E-state index contributed by atoms with van der Waals surface area (Å²) in [6.45, 7) is 6.46. The van der Waals surface area contributed by atoms with Crippen LogP contribution in [-0.2, 0) is 0 Å². The van der Waals surface area contributed by atoms with E-state index >= 15 is 0 Å². The van der Waals surface area contributed by atoms with E-state index in [0.29, 0.717) is 12.4 Å². The Morgan fingerprint density at radius 2 is 1.60 bits per heavy atom. The van der Waals surface area contributed by atoms with Crippen molar-refractivity contribution in [2.75, 3.05) is 53.4 Å². The van der Waals surface area contributed by atoms with E-state index in [1.165, 1.54) is 0 Å². The summed E-state index contributed by atoms with van der Waals surface area (Å²) in [4.78, 5) is 23.6. The van der Waals surface area contributed by atoms with Gasteiger partial charge in [0.2, 0.25) is 0 Å². The Morgan fingerprint density at radius 1 is 1.00 bits per heavy atom. The van der Waals surface area contributed by atoms with Crippen molar-refractivity contribution in [1.29, 1.82) is 0 Å². The maximum absolute atomic E-state index is 12.8. The lowest BCUT2D eigenvalue weighted by Crippen LogP contribution is -2.47. The molecule has 0 saturated carbocycles. The van der Waals surface area contributed by atoms with Crippen molar-refractivity contribution in [3.05, 3.63) is 65.4 Å². The van der Waals surface area contributed by atoms with Crippen molar-refractivity contribution >= 4 is 17.4 Å². The molecule has 0 aromatic heterocycles. The number of nitrogens with zero attached hydrogens (tertiary/aromatic N) is 4. The number of piperazine rings is 1. The number of aliphatic imine (C=N–C) groups is 1. The molecule has 2 aliphatic rings. The smallest absolute Gasteiger partial charge is 0.253 e. The van der Waals surface area contributed by atoms with Gasteiger partial charge in [-0.3, -0.25) is 9.69 Å². The van der Waals surface area contributed by atoms with Gasteiger partial charge in [-0.15, -0.1) is 0 Å². The number of nitrogens with two attached hydrogens (primary N) is 1. The lowest BCUT2D eigenvalue weighted by molar-refractivity contribution is 0.0231. The predicted molar refractivity (Wildman–Crippen MR) is 141 cm³/mol. The Hall–Kier alpha value is -3.20. The fourth-order valence-corrected chi connectivity index (χ4v) is 4.55. The molecule has 35 heavy (non-hydrogen) atoms. The summed E-state index contributed by atoms with van der Waals surface area (Å²) in [5, 5.41) is 13.2. The highest BCUT2D eigenvalue weighted by molar-refractivity contribution is 6.00. The molecular weight excluding hydrogens is 440 g/mol. The first-order valence-electron chi connectivity index (χ1n) is 12.2. The van der Waals surface area contributed by atoms with Gasteiger partial charge in [-0.1, -0.05) is 24.3 Å². The highest BCUT2D eigenvalue weighted by atomic mass is 16.3. The Kier molecular flexibility index (Phi) is 7.85. The first-order chi connectivity index (χ1) is 16.9. The molecule has 1 saturated heterocycles. The first kappa shape index (κ1) is 24.9. The van der Waals surface area contributed by atoms with Crippen molar-refractivity contribution in [3.63, 3.8) is 0 Å². The first-order valence-corrected chi connectivity index (χ1v) is 12.2. The highest BCUT2D eigenvalue weighted by Crippen LogP contribution is 2.25. The van der Waals surface area contributed by atoms with E-state index in [9.17, 15) is 9.90 Å². The standard InChI is InChI=1S/C27H36N6O2/c1-19(34)33-13-12-25(29-2)24(18-33)26(28)30-23-10-8-21(9-11-23)20-4-6-22(7-5-20)27(35)32-16-14-31(3)15-17-32/h4-11,19,29,34H,12-18H2,1-3H3,(H2,28,30). The monoisotopic (exact) mass is 476 g/mol. The molecule has 1 unspecified atom stereocenters. The van der Waals surface area contributed by atoms with Gasteiger partial charge in [0.15, 0.2) is 0 Å². The number of nitrogens with one attached hydrogen (secondary N) is 1. The minimum Gasteiger partial charge on any atom is -0.391 e. The summed E-state index contributed by atoms with van der Waals surface area (Å²) in [7, 11) is 3.97. The minimum absolute atomic E-state index is 0.0944. The topological polar surface area (TPSA) is 97.4 Å². The van der Waals surface area contributed by atoms with E-state index in [2.05, 4.69) is 22.3 Å². The van der Waals surface area contributed by atoms with Gasteiger partial charge in [-0.25, -0.2) is 4.99 Å². The third-order valence-corrected chi connectivity index (χ3v) is 6.89. The maximum atomic E-state index is 12.8. The molecule has 1 fully saturated rings. The van der Waals surface area contributed by atoms with E-state index in [1.54, 1.807) is 6.92 Å². The van der Waals surface area contributed by atoms with Crippen molar-refractivity contribution in [3.8, 4) is 11.1 Å². The molecular formula is C27H36N6O2. The molecule has 4 rings (SSSR count). The number of aliphatic hydroxyl groups is 1. The summed E-state index contributed by atoms with van der Waals surface area (Å²) in [6, 6.07) is 15.7. The molecule has 186 valence electrons. The Morgan fingerprint density at radius 3 is 2.17 bits per heavy atom. The Bertz CT molecular complexity index is 1080. The van der Waals surface area contributed by atoms with Crippen LogP contribution in [0, 0.1) is 0 Å². The molecule has 2 aliphatic heterocycles. The molecule has 0 spiro atoms. The van der Waals surface area contributed by atoms with Crippen LogP contribution in [0.3, 0.4) is 0 Å². The molecule has 1 atom stereocenters. The number of rotatable bonds is 6. The summed E-state index contributed by atoms with van der Waals surface area (Å²) >= 11 is 0. The van der Waals surface area contributed by atoms with Crippen molar-refractivity contribution in [2.45, 2.75) is 19.6 Å². The van der Waals surface area contributed by atoms with Gasteiger partial charge >= 0.3 is 0 Å². The van der Waals surface area contributed by atoms with Crippen LogP contribution in [0.15, 0.2) is 64.8 Å². The number of amidine groups is 1. The van der Waals surface area contributed by atoms with E-state index < -0.39 is 6.23 Å². The number of hydrogen-bond donors (Lipinski definition) is 3. The summed E-state index contributed by atoms with van der Waals surface area (Å²) in [5.74, 6) is 0.552. The van der Waals surface area contributed by atoms with E-state index in [0.717, 1.165) is 72.8 Å². The SMILES string of the molecule is CNC1=C(C(N)=Nc2ccc(-c3ccc(C(=O)N4CCN(C)CC4)cc3)cc2)CN(C(C)O)CC1.